The number of hydrogen-bond acceptors (Lipinski definition) is 5. The topological polar surface area (TPSA) is 35.0 Å². The van der Waals surface area contributed by atoms with Crippen LogP contribution in [0, 0.1) is 0 Å². The Balaban J connectivity index is 0.000000578. The van der Waals surface area contributed by atoms with Crippen LogP contribution in [0.1, 0.15) is 73.1 Å². The van der Waals surface area contributed by atoms with Gasteiger partial charge in [0.15, 0.2) is 3.92 Å². The summed E-state index contributed by atoms with van der Waals surface area (Å²) < 4.78 is 12.0. The quantitative estimate of drug-likeness (QED) is 0.227. The van der Waals surface area contributed by atoms with Crippen molar-refractivity contribution < 1.29 is 4.74 Å². The second-order valence-corrected chi connectivity index (χ2v) is 24.0. The summed E-state index contributed by atoms with van der Waals surface area (Å²) in [6.07, 6.45) is 12.1. The van der Waals surface area contributed by atoms with Crippen molar-refractivity contribution in [3.8, 4) is 0 Å². The maximum Gasteiger partial charge on any atom is 0.0437 e. The number of hydrogen-bond donors (Lipinski definition) is 0. The monoisotopic (exact) mass is 612 g/mol. The van der Waals surface area contributed by atoms with Crippen LogP contribution in [0.15, 0.2) is 27.1 Å². The minimum Gasteiger partial charge on any atom is -0.382 e. The number of ether oxygens (including phenoxy) is 1. The Labute approximate surface area is 200 Å². The van der Waals surface area contributed by atoms with Gasteiger partial charge in [0.2, 0.25) is 0 Å². The van der Waals surface area contributed by atoms with Gasteiger partial charge in [-0.15, -0.1) is 11.3 Å². The van der Waals surface area contributed by atoms with E-state index in [0.29, 0.717) is 0 Å². The average molecular weight is 612 g/mol. The molecular formula is C22H41BrN2OS2Sn. The molecule has 2 aromatic rings. The molecule has 2 rings (SSSR count). The predicted molar refractivity (Wildman–Crippen MR) is 139 cm³/mol. The number of halogens is 1. The molecule has 0 aliphatic heterocycles. The molecule has 3 nitrogen and oxygen atoms in total. The van der Waals surface area contributed by atoms with Crippen LogP contribution in [-0.4, -0.2) is 41.6 Å². The van der Waals surface area contributed by atoms with Gasteiger partial charge in [0.1, 0.15) is 0 Å². The molecule has 168 valence electrons. The first-order chi connectivity index (χ1) is 14.1. The summed E-state index contributed by atoms with van der Waals surface area (Å²) in [5.74, 6) is 0. The predicted octanol–water partition coefficient (Wildman–Crippen LogP) is 8.15. The zero-order valence-corrected chi connectivity index (χ0v) is 25.2. The van der Waals surface area contributed by atoms with E-state index >= 15 is 0 Å². The van der Waals surface area contributed by atoms with Gasteiger partial charge in [-0.1, -0.05) is 0 Å². The molecule has 0 aliphatic rings. The van der Waals surface area contributed by atoms with E-state index in [4.69, 9.17) is 9.72 Å². The third kappa shape index (κ3) is 14.2. The fourth-order valence-corrected chi connectivity index (χ4v) is 23.1. The smallest absolute Gasteiger partial charge is 0.0437 e. The number of unbranched alkanes of at least 4 members (excludes halogenated alkanes) is 3. The maximum absolute atomic E-state index is 4.83. The van der Waals surface area contributed by atoms with Gasteiger partial charge in [-0.05, 0) is 29.8 Å². The number of thiazole rings is 2. The third-order valence-electron chi connectivity index (χ3n) is 4.72. The van der Waals surface area contributed by atoms with E-state index in [1.165, 1.54) is 38.5 Å². The van der Waals surface area contributed by atoms with Crippen molar-refractivity contribution in [3.63, 3.8) is 0 Å². The summed E-state index contributed by atoms with van der Waals surface area (Å²) in [6, 6.07) is 0. The van der Waals surface area contributed by atoms with E-state index in [-0.39, 0.29) is 0 Å². The van der Waals surface area contributed by atoms with Crippen molar-refractivity contribution in [3.05, 3.63) is 27.1 Å². The van der Waals surface area contributed by atoms with E-state index < -0.39 is 18.4 Å². The zero-order chi connectivity index (χ0) is 21.8. The van der Waals surface area contributed by atoms with Crippen LogP contribution in [-0.2, 0) is 4.74 Å². The normalized spacial score (nSPS) is 10.7. The molecule has 29 heavy (non-hydrogen) atoms. The molecule has 0 aliphatic carbocycles. The summed E-state index contributed by atoms with van der Waals surface area (Å²) in [6.45, 7) is 12.7. The molecule has 0 saturated heterocycles. The fraction of sp³-hybridized carbons (Fsp3) is 0.727. The van der Waals surface area contributed by atoms with Crippen LogP contribution < -0.4 is 3.02 Å². The van der Waals surface area contributed by atoms with Crippen LogP contribution in [0.5, 0.6) is 0 Å². The van der Waals surface area contributed by atoms with Gasteiger partial charge in [0, 0.05) is 24.8 Å². The van der Waals surface area contributed by atoms with E-state index in [9.17, 15) is 0 Å². The minimum atomic E-state index is -2.12. The Morgan fingerprint density at radius 1 is 0.793 bits per heavy atom. The van der Waals surface area contributed by atoms with Gasteiger partial charge < -0.3 is 4.74 Å². The largest absolute Gasteiger partial charge is 0.382 e. The summed E-state index contributed by atoms with van der Waals surface area (Å²) in [5.41, 5.74) is 0. The van der Waals surface area contributed by atoms with Crippen molar-refractivity contribution >= 4 is 60.0 Å². The number of aromatic nitrogens is 2. The molecule has 0 amide bonds. The van der Waals surface area contributed by atoms with E-state index in [0.717, 1.165) is 17.1 Å². The van der Waals surface area contributed by atoms with E-state index in [2.05, 4.69) is 47.1 Å². The van der Waals surface area contributed by atoms with Crippen LogP contribution in [0.25, 0.3) is 0 Å². The zero-order valence-electron chi connectivity index (χ0n) is 19.1. The summed E-state index contributed by atoms with van der Waals surface area (Å²) in [5, 5.41) is 4.12. The molecule has 0 fully saturated rings. The molecule has 0 spiro atoms. The number of nitrogens with zero attached hydrogens (tertiary/aromatic N) is 2. The summed E-state index contributed by atoms with van der Waals surface area (Å²) in [4.78, 5) is 8.61. The van der Waals surface area contributed by atoms with Crippen molar-refractivity contribution in [1.29, 1.82) is 0 Å². The second kappa shape index (κ2) is 20.4. The van der Waals surface area contributed by atoms with Crippen molar-refractivity contribution in [2.45, 2.75) is 86.5 Å². The Morgan fingerprint density at radius 2 is 1.28 bits per heavy atom. The Morgan fingerprint density at radius 3 is 1.52 bits per heavy atom. The van der Waals surface area contributed by atoms with Crippen LogP contribution in [0.3, 0.4) is 0 Å². The van der Waals surface area contributed by atoms with E-state index in [1.54, 1.807) is 33.9 Å². The van der Waals surface area contributed by atoms with Crippen molar-refractivity contribution in [1.82, 2.24) is 9.97 Å². The molecule has 0 unspecified atom stereocenters. The first kappa shape index (κ1) is 29.5. The van der Waals surface area contributed by atoms with Crippen molar-refractivity contribution in [2.75, 3.05) is 13.2 Å². The van der Waals surface area contributed by atoms with Crippen LogP contribution in [0.4, 0.5) is 0 Å². The van der Waals surface area contributed by atoms with Gasteiger partial charge in [-0.25, -0.2) is 4.98 Å². The molecule has 2 heterocycles. The molecule has 0 saturated carbocycles. The van der Waals surface area contributed by atoms with Crippen molar-refractivity contribution in [2.24, 2.45) is 0 Å². The molecule has 0 bridgehead atoms. The van der Waals surface area contributed by atoms with Gasteiger partial charge in [-0.3, -0.25) is 0 Å². The van der Waals surface area contributed by atoms with Gasteiger partial charge in [0.25, 0.3) is 0 Å². The molecule has 0 radical (unpaired) electrons. The van der Waals surface area contributed by atoms with Gasteiger partial charge >= 0.3 is 122 Å². The van der Waals surface area contributed by atoms with Gasteiger partial charge in [0.05, 0.1) is 0 Å². The second-order valence-electron chi connectivity index (χ2n) is 6.99. The Hall–Kier alpha value is 0.499. The molecule has 7 heteroatoms. The van der Waals surface area contributed by atoms with Crippen LogP contribution >= 0.6 is 38.6 Å². The standard InChI is InChI=1S/C4H10O.3C4H9.C3H2BrNS.C3H2NS.Sn/c1-3-5-4-2;3*1-3-4-2;4-3-5-1-2-6-3;1-2-5-3-4-1;/h3-4H2,1-2H3;3*1,3-4H2,2H3;1-2H;1-2H;. The summed E-state index contributed by atoms with van der Waals surface area (Å²) >= 11 is 4.61. The molecular weight excluding hydrogens is 571 g/mol. The van der Waals surface area contributed by atoms with Crippen LogP contribution in [0.2, 0.25) is 13.3 Å². The minimum absolute atomic E-state index is 0.844. The SMILES string of the molecule is Brc1nccs1.CCC[CH2][Sn]([CH2]CCC)([CH2]CCC)[c]1nccs1.CCOCC. The molecule has 0 atom stereocenters. The first-order valence-corrected chi connectivity index (χ1v) is 21.2. The van der Waals surface area contributed by atoms with E-state index in [1.807, 2.05) is 36.8 Å². The summed E-state index contributed by atoms with van der Waals surface area (Å²) in [7, 11) is 0. The fourth-order valence-electron chi connectivity index (χ4n) is 3.14. The Bertz CT molecular complexity index is 529. The molecule has 2 aromatic heterocycles. The molecule has 0 N–H and O–H groups in total. The third-order valence-corrected chi connectivity index (χ3v) is 24.7. The maximum atomic E-state index is 4.83. The number of rotatable bonds is 12. The Kier molecular flexibility index (Phi) is 20.8. The first-order valence-electron chi connectivity index (χ1n) is 11.1. The molecule has 0 aromatic carbocycles. The van der Waals surface area contributed by atoms with Gasteiger partial charge in [-0.2, -0.15) is 0 Å². The average Bonchev–Trinajstić information content (AvgIpc) is 3.44.